The summed E-state index contributed by atoms with van der Waals surface area (Å²) in [6, 6.07) is 2.67. The quantitative estimate of drug-likeness (QED) is 0.639. The molecule has 0 saturated heterocycles. The predicted molar refractivity (Wildman–Crippen MR) is 48.7 cm³/mol. The first-order valence-corrected chi connectivity index (χ1v) is 5.48. The van der Waals surface area contributed by atoms with Crippen LogP contribution in [0.5, 0.6) is 0 Å². The lowest BCUT2D eigenvalue weighted by molar-refractivity contribution is 0.105. The summed E-state index contributed by atoms with van der Waals surface area (Å²) in [5.41, 5.74) is 3.71. The van der Waals surface area contributed by atoms with E-state index in [-0.39, 0.29) is 0 Å². The van der Waals surface area contributed by atoms with E-state index in [1.807, 2.05) is 0 Å². The first-order valence-electron chi connectivity index (χ1n) is 5.48. The largest absolute Gasteiger partial charge is 0.252 e. The van der Waals surface area contributed by atoms with E-state index in [0.717, 1.165) is 18.1 Å². The SMILES string of the molecule is C1CC(NN(C2CC2)C2CC2)C1. The molecule has 3 aliphatic rings. The van der Waals surface area contributed by atoms with Crippen molar-refractivity contribution < 1.29 is 0 Å². The molecule has 0 radical (unpaired) electrons. The van der Waals surface area contributed by atoms with E-state index in [1.54, 1.807) is 0 Å². The van der Waals surface area contributed by atoms with Crippen molar-refractivity contribution in [2.75, 3.05) is 0 Å². The first kappa shape index (κ1) is 7.34. The van der Waals surface area contributed by atoms with E-state index in [4.69, 9.17) is 0 Å². The summed E-state index contributed by atoms with van der Waals surface area (Å²) in [6.07, 6.45) is 10.0. The maximum absolute atomic E-state index is 3.71. The fourth-order valence-corrected chi connectivity index (χ4v) is 1.96. The molecule has 0 amide bonds. The van der Waals surface area contributed by atoms with E-state index < -0.39 is 0 Å². The Balaban J connectivity index is 1.54. The number of hydrogen-bond donors (Lipinski definition) is 1. The zero-order chi connectivity index (χ0) is 7.97. The van der Waals surface area contributed by atoms with Crippen molar-refractivity contribution in [3.8, 4) is 0 Å². The molecule has 0 atom stereocenters. The molecule has 2 heteroatoms. The van der Waals surface area contributed by atoms with Gasteiger partial charge in [-0.25, -0.2) is 5.01 Å². The van der Waals surface area contributed by atoms with Crippen molar-refractivity contribution in [3.05, 3.63) is 0 Å². The standard InChI is InChI=1S/C10H18N2/c1-2-8(3-1)11-12(9-4-5-9)10-6-7-10/h8-11H,1-7H2. The van der Waals surface area contributed by atoms with E-state index >= 15 is 0 Å². The smallest absolute Gasteiger partial charge is 0.0247 e. The topological polar surface area (TPSA) is 15.3 Å². The van der Waals surface area contributed by atoms with Gasteiger partial charge < -0.3 is 0 Å². The second kappa shape index (κ2) is 2.71. The van der Waals surface area contributed by atoms with Crippen molar-refractivity contribution in [3.63, 3.8) is 0 Å². The molecule has 3 fully saturated rings. The fourth-order valence-electron chi connectivity index (χ4n) is 1.96. The molecular weight excluding hydrogens is 148 g/mol. The fraction of sp³-hybridized carbons (Fsp3) is 1.00. The summed E-state index contributed by atoms with van der Waals surface area (Å²) >= 11 is 0. The van der Waals surface area contributed by atoms with Gasteiger partial charge in [-0.2, -0.15) is 0 Å². The van der Waals surface area contributed by atoms with Crippen LogP contribution < -0.4 is 5.43 Å². The van der Waals surface area contributed by atoms with Crippen LogP contribution in [0.4, 0.5) is 0 Å². The second-order valence-electron chi connectivity index (χ2n) is 4.63. The number of rotatable bonds is 4. The van der Waals surface area contributed by atoms with Crippen LogP contribution in [0.2, 0.25) is 0 Å². The van der Waals surface area contributed by atoms with Crippen LogP contribution in [-0.4, -0.2) is 23.1 Å². The zero-order valence-electron chi connectivity index (χ0n) is 7.63. The van der Waals surface area contributed by atoms with Crippen LogP contribution in [0.3, 0.4) is 0 Å². The van der Waals surface area contributed by atoms with E-state index in [2.05, 4.69) is 10.4 Å². The molecule has 0 heterocycles. The van der Waals surface area contributed by atoms with Crippen LogP contribution in [0.15, 0.2) is 0 Å². The van der Waals surface area contributed by atoms with Gasteiger partial charge in [-0.05, 0) is 38.5 Å². The molecule has 0 unspecified atom stereocenters. The summed E-state index contributed by atoms with van der Waals surface area (Å²) in [5.74, 6) is 0. The maximum Gasteiger partial charge on any atom is 0.0247 e. The van der Waals surface area contributed by atoms with Gasteiger partial charge in [0.25, 0.3) is 0 Å². The minimum Gasteiger partial charge on any atom is -0.252 e. The molecule has 68 valence electrons. The van der Waals surface area contributed by atoms with Crippen LogP contribution in [-0.2, 0) is 0 Å². The highest BCUT2D eigenvalue weighted by Gasteiger charge is 2.40. The molecule has 0 aromatic heterocycles. The number of nitrogens with zero attached hydrogens (tertiary/aromatic N) is 1. The van der Waals surface area contributed by atoms with Gasteiger partial charge >= 0.3 is 0 Å². The van der Waals surface area contributed by atoms with Crippen molar-refractivity contribution in [1.29, 1.82) is 0 Å². The van der Waals surface area contributed by atoms with Gasteiger partial charge in [0.15, 0.2) is 0 Å². The maximum atomic E-state index is 3.71. The van der Waals surface area contributed by atoms with E-state index in [0.29, 0.717) is 0 Å². The molecule has 2 nitrogen and oxygen atoms in total. The lowest BCUT2D eigenvalue weighted by atomic mass is 9.94. The molecule has 0 aromatic carbocycles. The third kappa shape index (κ3) is 1.38. The van der Waals surface area contributed by atoms with Crippen molar-refractivity contribution in [2.24, 2.45) is 0 Å². The Morgan fingerprint density at radius 3 is 1.75 bits per heavy atom. The summed E-state index contributed by atoms with van der Waals surface area (Å²) in [4.78, 5) is 0. The Morgan fingerprint density at radius 2 is 1.42 bits per heavy atom. The molecule has 0 bridgehead atoms. The normalized spacial score (nSPS) is 30.8. The summed E-state index contributed by atoms with van der Waals surface area (Å²) < 4.78 is 0. The Kier molecular flexibility index (Phi) is 1.66. The highest BCUT2D eigenvalue weighted by Crippen LogP contribution is 2.36. The van der Waals surface area contributed by atoms with Crippen molar-refractivity contribution in [1.82, 2.24) is 10.4 Å². The monoisotopic (exact) mass is 166 g/mol. The molecule has 3 saturated carbocycles. The molecular formula is C10H18N2. The summed E-state index contributed by atoms with van der Waals surface area (Å²) in [5, 5.41) is 2.59. The third-order valence-corrected chi connectivity index (χ3v) is 3.32. The van der Waals surface area contributed by atoms with Gasteiger partial charge in [0.05, 0.1) is 0 Å². The third-order valence-electron chi connectivity index (χ3n) is 3.32. The van der Waals surface area contributed by atoms with Gasteiger partial charge in [-0.1, -0.05) is 6.42 Å². The first-order chi connectivity index (χ1) is 5.93. The van der Waals surface area contributed by atoms with Crippen LogP contribution in [0, 0.1) is 0 Å². The average Bonchev–Trinajstić information content (AvgIpc) is 2.81. The zero-order valence-corrected chi connectivity index (χ0v) is 7.63. The molecule has 1 N–H and O–H groups in total. The molecule has 3 aliphatic carbocycles. The lowest BCUT2D eigenvalue weighted by Crippen LogP contribution is -2.49. The van der Waals surface area contributed by atoms with Crippen molar-refractivity contribution in [2.45, 2.75) is 63.1 Å². The molecule has 0 spiro atoms. The van der Waals surface area contributed by atoms with E-state index in [1.165, 1.54) is 44.9 Å². The lowest BCUT2D eigenvalue weighted by Gasteiger charge is -2.34. The van der Waals surface area contributed by atoms with Gasteiger partial charge in [0, 0.05) is 18.1 Å². The Bertz CT molecular complexity index is 157. The molecule has 12 heavy (non-hydrogen) atoms. The predicted octanol–water partition coefficient (Wildman–Crippen LogP) is 1.67. The van der Waals surface area contributed by atoms with Gasteiger partial charge in [0.2, 0.25) is 0 Å². The van der Waals surface area contributed by atoms with Crippen LogP contribution in [0.1, 0.15) is 44.9 Å². The van der Waals surface area contributed by atoms with Crippen LogP contribution in [0.25, 0.3) is 0 Å². The number of hydrazine groups is 1. The van der Waals surface area contributed by atoms with E-state index in [9.17, 15) is 0 Å². The Hall–Kier alpha value is -0.0800. The Labute approximate surface area is 74.3 Å². The van der Waals surface area contributed by atoms with Gasteiger partial charge in [0.1, 0.15) is 0 Å². The highest BCUT2D eigenvalue weighted by atomic mass is 15.6. The molecule has 0 aromatic rings. The van der Waals surface area contributed by atoms with Crippen LogP contribution >= 0.6 is 0 Å². The number of hydrogen-bond acceptors (Lipinski definition) is 2. The minimum absolute atomic E-state index is 0.839. The number of nitrogens with one attached hydrogen (secondary N) is 1. The molecule has 3 rings (SSSR count). The average molecular weight is 166 g/mol. The molecule has 0 aliphatic heterocycles. The Morgan fingerprint density at radius 1 is 0.833 bits per heavy atom. The highest BCUT2D eigenvalue weighted by molar-refractivity contribution is 4.94. The van der Waals surface area contributed by atoms with Crippen molar-refractivity contribution >= 4 is 0 Å². The van der Waals surface area contributed by atoms with Gasteiger partial charge in [-0.3, -0.25) is 5.43 Å². The second-order valence-corrected chi connectivity index (χ2v) is 4.63. The minimum atomic E-state index is 0.839. The summed E-state index contributed by atoms with van der Waals surface area (Å²) in [7, 11) is 0. The summed E-state index contributed by atoms with van der Waals surface area (Å²) in [6.45, 7) is 0. The van der Waals surface area contributed by atoms with Gasteiger partial charge in [-0.15, -0.1) is 0 Å².